The number of rotatable bonds is 6. The Morgan fingerprint density at radius 3 is 1.28 bits per heavy atom. The summed E-state index contributed by atoms with van der Waals surface area (Å²) in [6.45, 7) is 2.27. The third-order valence-corrected chi connectivity index (χ3v) is 11.2. The minimum atomic E-state index is -1.74. The van der Waals surface area contributed by atoms with Gasteiger partial charge in [0.15, 0.2) is 0 Å². The number of alkyl halides is 1. The first-order valence-corrected chi connectivity index (χ1v) is 11.3. The molecule has 0 fully saturated rings. The number of benzene rings is 3. The fourth-order valence-electron chi connectivity index (χ4n) is 3.35. The quantitative estimate of drug-likeness (QED) is 0.378. The molecule has 1 unspecified atom stereocenters. The Morgan fingerprint density at radius 2 is 1.00 bits per heavy atom. The molecule has 130 valence electrons. The van der Waals surface area contributed by atoms with Crippen LogP contribution in [0.3, 0.4) is 0 Å². The molecule has 1 atom stereocenters. The SMILES string of the molecule is CCCC(Br)[P+](c1ccccc1)(c1ccccc1)c1ccccc1.[Br-]. The maximum absolute atomic E-state index is 4.12. The Hall–Kier alpha value is -0.950. The van der Waals surface area contributed by atoms with Crippen molar-refractivity contribution < 1.29 is 17.0 Å². The fraction of sp³-hybridized carbons (Fsp3) is 0.182. The zero-order chi connectivity index (χ0) is 16.8. The van der Waals surface area contributed by atoms with Crippen LogP contribution in [-0.2, 0) is 0 Å². The van der Waals surface area contributed by atoms with Gasteiger partial charge in [-0.05, 0) is 58.7 Å². The second-order valence-electron chi connectivity index (χ2n) is 5.95. The minimum absolute atomic E-state index is 0. The predicted molar refractivity (Wildman–Crippen MR) is 113 cm³/mol. The van der Waals surface area contributed by atoms with E-state index in [9.17, 15) is 0 Å². The predicted octanol–water partition coefficient (Wildman–Crippen LogP) is 2.51. The Bertz CT molecular complexity index is 648. The maximum Gasteiger partial charge on any atom is 0.137 e. The van der Waals surface area contributed by atoms with Gasteiger partial charge in [0.25, 0.3) is 0 Å². The summed E-state index contributed by atoms with van der Waals surface area (Å²) < 4.78 is 0.433. The van der Waals surface area contributed by atoms with Crippen LogP contribution in [0.15, 0.2) is 91.0 Å². The second-order valence-corrected chi connectivity index (χ2v) is 11.4. The minimum Gasteiger partial charge on any atom is -1.00 e. The van der Waals surface area contributed by atoms with Gasteiger partial charge >= 0.3 is 0 Å². The molecule has 3 rings (SSSR count). The van der Waals surface area contributed by atoms with Crippen molar-refractivity contribution in [2.24, 2.45) is 0 Å². The van der Waals surface area contributed by atoms with Crippen LogP contribution in [-0.4, -0.2) is 4.57 Å². The van der Waals surface area contributed by atoms with Crippen LogP contribution in [0.4, 0.5) is 0 Å². The summed E-state index contributed by atoms with van der Waals surface area (Å²) in [5.74, 6) is 0. The van der Waals surface area contributed by atoms with Gasteiger partial charge in [0.05, 0.1) is 0 Å². The Kier molecular flexibility index (Phi) is 7.87. The molecule has 0 bridgehead atoms. The lowest BCUT2D eigenvalue weighted by molar-refractivity contribution is -0.00000461. The molecule has 0 aliphatic heterocycles. The molecular weight excluding hydrogens is 455 g/mol. The zero-order valence-electron chi connectivity index (χ0n) is 14.4. The summed E-state index contributed by atoms with van der Waals surface area (Å²) in [7, 11) is -1.74. The molecular formula is C22H23Br2P. The van der Waals surface area contributed by atoms with Crippen LogP contribution in [0, 0.1) is 0 Å². The van der Waals surface area contributed by atoms with Gasteiger partial charge in [0, 0.05) is 0 Å². The molecule has 0 saturated heterocycles. The summed E-state index contributed by atoms with van der Waals surface area (Å²) in [5.41, 5.74) is 0. The van der Waals surface area contributed by atoms with E-state index in [1.54, 1.807) is 0 Å². The van der Waals surface area contributed by atoms with Crippen LogP contribution in [0.2, 0.25) is 0 Å². The first kappa shape index (κ1) is 20.4. The average Bonchev–Trinajstić information content (AvgIpc) is 2.65. The second kappa shape index (κ2) is 9.67. The molecule has 0 aromatic heterocycles. The molecule has 3 aromatic rings. The highest BCUT2D eigenvalue weighted by Crippen LogP contribution is 2.63. The van der Waals surface area contributed by atoms with Crippen LogP contribution >= 0.6 is 23.2 Å². The van der Waals surface area contributed by atoms with E-state index < -0.39 is 7.26 Å². The van der Waals surface area contributed by atoms with Crippen LogP contribution < -0.4 is 32.9 Å². The summed E-state index contributed by atoms with van der Waals surface area (Å²) in [6.07, 6.45) is 2.33. The van der Waals surface area contributed by atoms with Crippen molar-refractivity contribution >= 4 is 39.1 Å². The van der Waals surface area contributed by atoms with Crippen molar-refractivity contribution in [1.29, 1.82) is 0 Å². The molecule has 0 nitrogen and oxygen atoms in total. The highest BCUT2D eigenvalue weighted by Gasteiger charge is 2.50. The molecule has 3 aromatic carbocycles. The number of hydrogen-bond donors (Lipinski definition) is 0. The lowest BCUT2D eigenvalue weighted by Gasteiger charge is -2.31. The van der Waals surface area contributed by atoms with E-state index in [2.05, 4.69) is 114 Å². The van der Waals surface area contributed by atoms with Crippen molar-refractivity contribution in [2.45, 2.75) is 24.3 Å². The topological polar surface area (TPSA) is 0 Å². The third kappa shape index (κ3) is 4.08. The molecule has 25 heavy (non-hydrogen) atoms. The Balaban J connectivity index is 0.00000225. The van der Waals surface area contributed by atoms with Gasteiger partial charge in [-0.3, -0.25) is 0 Å². The first-order chi connectivity index (χ1) is 11.8. The van der Waals surface area contributed by atoms with E-state index in [0.717, 1.165) is 6.42 Å². The van der Waals surface area contributed by atoms with Gasteiger partial charge in [-0.1, -0.05) is 67.9 Å². The fourth-order valence-corrected chi connectivity index (χ4v) is 10.4. The van der Waals surface area contributed by atoms with E-state index in [-0.39, 0.29) is 17.0 Å². The molecule has 0 radical (unpaired) electrons. The molecule has 0 amide bonds. The van der Waals surface area contributed by atoms with E-state index >= 15 is 0 Å². The van der Waals surface area contributed by atoms with Gasteiger partial charge in [0.1, 0.15) is 27.7 Å². The largest absolute Gasteiger partial charge is 1.00 e. The maximum atomic E-state index is 4.12. The standard InChI is InChI=1S/C22H23BrP.BrH/c1-2-12-22(23)24(19-13-6-3-7-14-19,20-15-8-4-9-16-20)21-17-10-5-11-18-21;/h3-11,13-18,22H,2,12H2,1H3;1H/q+1;/p-1. The monoisotopic (exact) mass is 476 g/mol. The van der Waals surface area contributed by atoms with Gasteiger partial charge < -0.3 is 17.0 Å². The number of hydrogen-bond acceptors (Lipinski definition) is 0. The van der Waals surface area contributed by atoms with Crippen molar-refractivity contribution in [2.75, 3.05) is 0 Å². The first-order valence-electron chi connectivity index (χ1n) is 8.49. The summed E-state index contributed by atoms with van der Waals surface area (Å²) in [6, 6.07) is 33.2. The Morgan fingerprint density at radius 1 is 0.680 bits per heavy atom. The van der Waals surface area contributed by atoms with E-state index in [0.29, 0.717) is 4.57 Å². The number of halogens is 2. The van der Waals surface area contributed by atoms with Crippen molar-refractivity contribution in [3.8, 4) is 0 Å². The van der Waals surface area contributed by atoms with Crippen LogP contribution in [0.25, 0.3) is 0 Å². The molecule has 0 aliphatic rings. The zero-order valence-corrected chi connectivity index (χ0v) is 18.4. The van der Waals surface area contributed by atoms with Gasteiger partial charge in [-0.15, -0.1) is 0 Å². The van der Waals surface area contributed by atoms with Gasteiger partial charge in [-0.25, -0.2) is 0 Å². The van der Waals surface area contributed by atoms with Crippen molar-refractivity contribution in [3.05, 3.63) is 91.0 Å². The molecule has 0 saturated carbocycles. The molecule has 0 heterocycles. The summed E-state index contributed by atoms with van der Waals surface area (Å²) in [4.78, 5) is 0. The normalized spacial score (nSPS) is 12.2. The lowest BCUT2D eigenvalue weighted by atomic mass is 10.3. The molecule has 3 heteroatoms. The van der Waals surface area contributed by atoms with Gasteiger partial charge in [0.2, 0.25) is 0 Å². The smallest absolute Gasteiger partial charge is 0.137 e. The van der Waals surface area contributed by atoms with Crippen LogP contribution in [0.1, 0.15) is 19.8 Å². The molecule has 0 N–H and O–H groups in total. The van der Waals surface area contributed by atoms with Crippen molar-refractivity contribution in [1.82, 2.24) is 0 Å². The molecule has 0 aliphatic carbocycles. The highest BCUT2D eigenvalue weighted by molar-refractivity contribution is 9.11. The summed E-state index contributed by atoms with van der Waals surface area (Å²) in [5, 5.41) is 4.33. The third-order valence-electron chi connectivity index (χ3n) is 4.44. The van der Waals surface area contributed by atoms with E-state index in [1.165, 1.54) is 22.3 Å². The van der Waals surface area contributed by atoms with E-state index in [1.807, 2.05) is 0 Å². The van der Waals surface area contributed by atoms with Gasteiger partial charge in [-0.2, -0.15) is 0 Å². The summed E-state index contributed by atoms with van der Waals surface area (Å²) >= 11 is 4.12. The van der Waals surface area contributed by atoms with E-state index in [4.69, 9.17) is 0 Å². The lowest BCUT2D eigenvalue weighted by Crippen LogP contribution is -3.00. The average molecular weight is 478 g/mol. The highest BCUT2D eigenvalue weighted by atomic mass is 79.9. The Labute approximate surface area is 170 Å². The molecule has 0 spiro atoms. The van der Waals surface area contributed by atoms with Crippen molar-refractivity contribution in [3.63, 3.8) is 0 Å². The van der Waals surface area contributed by atoms with Crippen LogP contribution in [0.5, 0.6) is 0 Å².